The van der Waals surface area contributed by atoms with E-state index in [2.05, 4.69) is 65.1 Å². The lowest BCUT2D eigenvalue weighted by Crippen LogP contribution is -2.35. The number of hydrogen-bond acceptors (Lipinski definition) is 1. The molecule has 1 rings (SSSR count). The summed E-state index contributed by atoms with van der Waals surface area (Å²) >= 11 is 0. The zero-order valence-corrected chi connectivity index (χ0v) is 12.9. The van der Waals surface area contributed by atoms with Crippen LogP contribution in [0.5, 0.6) is 0 Å². The van der Waals surface area contributed by atoms with Crippen molar-refractivity contribution >= 4 is 0 Å². The summed E-state index contributed by atoms with van der Waals surface area (Å²) in [4.78, 5) is 0. The average molecular weight is 247 g/mol. The Kier molecular flexibility index (Phi) is 5.87. The van der Waals surface area contributed by atoms with Gasteiger partial charge in [-0.1, -0.05) is 56.0 Å². The topological polar surface area (TPSA) is 12.0 Å². The molecule has 0 fully saturated rings. The maximum Gasteiger partial charge on any atom is 0.0294 e. The second-order valence-electron chi connectivity index (χ2n) is 5.67. The molecule has 0 spiro atoms. The van der Waals surface area contributed by atoms with Crippen molar-refractivity contribution in [3.8, 4) is 0 Å². The van der Waals surface area contributed by atoms with Gasteiger partial charge in [0.25, 0.3) is 0 Å². The van der Waals surface area contributed by atoms with Gasteiger partial charge in [0.2, 0.25) is 0 Å². The number of rotatable bonds is 6. The van der Waals surface area contributed by atoms with Crippen LogP contribution in [0.1, 0.15) is 63.3 Å². The predicted octanol–water partition coefficient (Wildman–Crippen LogP) is 4.78. The lowest BCUT2D eigenvalue weighted by atomic mass is 9.94. The number of nitrogens with one attached hydrogen (secondary N) is 1. The van der Waals surface area contributed by atoms with Crippen LogP contribution in [0, 0.1) is 19.8 Å². The fraction of sp³-hybridized carbons (Fsp3) is 0.647. The number of hydrogen-bond donors (Lipinski definition) is 1. The largest absolute Gasteiger partial charge is 0.307 e. The third kappa shape index (κ3) is 4.13. The molecule has 1 aromatic carbocycles. The van der Waals surface area contributed by atoms with Crippen LogP contribution in [0.4, 0.5) is 0 Å². The van der Waals surface area contributed by atoms with Gasteiger partial charge in [0.1, 0.15) is 0 Å². The first kappa shape index (κ1) is 15.2. The molecule has 2 atom stereocenters. The molecule has 1 aromatic rings. The van der Waals surface area contributed by atoms with E-state index in [1.807, 2.05) is 0 Å². The Balaban J connectivity index is 2.72. The SMILES string of the molecule is CCC(CC)C(C)NC(C)c1cc(C)cc(C)c1. The van der Waals surface area contributed by atoms with Gasteiger partial charge in [0.15, 0.2) is 0 Å². The fourth-order valence-electron chi connectivity index (χ4n) is 2.88. The van der Waals surface area contributed by atoms with Crippen LogP contribution in [0.3, 0.4) is 0 Å². The lowest BCUT2D eigenvalue weighted by molar-refractivity contribution is 0.330. The predicted molar refractivity (Wildman–Crippen MR) is 81.0 cm³/mol. The summed E-state index contributed by atoms with van der Waals surface area (Å²) < 4.78 is 0. The maximum absolute atomic E-state index is 3.75. The van der Waals surface area contributed by atoms with Gasteiger partial charge in [-0.2, -0.15) is 0 Å². The molecule has 0 amide bonds. The van der Waals surface area contributed by atoms with E-state index in [4.69, 9.17) is 0 Å². The molecule has 0 heterocycles. The summed E-state index contributed by atoms with van der Waals surface area (Å²) in [5.74, 6) is 0.776. The van der Waals surface area contributed by atoms with E-state index in [1.165, 1.54) is 29.5 Å². The maximum atomic E-state index is 3.75. The molecule has 0 aliphatic rings. The summed E-state index contributed by atoms with van der Waals surface area (Å²) in [6, 6.07) is 7.84. The molecule has 0 aliphatic carbocycles. The molecule has 1 heteroatoms. The summed E-state index contributed by atoms with van der Waals surface area (Å²) in [5.41, 5.74) is 4.12. The highest BCUT2D eigenvalue weighted by Gasteiger charge is 2.16. The molecule has 18 heavy (non-hydrogen) atoms. The van der Waals surface area contributed by atoms with E-state index in [-0.39, 0.29) is 0 Å². The van der Waals surface area contributed by atoms with Gasteiger partial charge in [-0.05, 0) is 39.2 Å². The van der Waals surface area contributed by atoms with Crippen LogP contribution in [0.2, 0.25) is 0 Å². The van der Waals surface area contributed by atoms with Gasteiger partial charge >= 0.3 is 0 Å². The van der Waals surface area contributed by atoms with Crippen molar-refractivity contribution in [2.75, 3.05) is 0 Å². The lowest BCUT2D eigenvalue weighted by Gasteiger charge is -2.27. The number of aryl methyl sites for hydroxylation is 2. The number of benzene rings is 1. The Hall–Kier alpha value is -0.820. The van der Waals surface area contributed by atoms with Crippen molar-refractivity contribution in [1.82, 2.24) is 5.32 Å². The molecule has 0 aromatic heterocycles. The van der Waals surface area contributed by atoms with Crippen molar-refractivity contribution in [3.05, 3.63) is 34.9 Å². The van der Waals surface area contributed by atoms with Crippen LogP contribution in [0.25, 0.3) is 0 Å². The van der Waals surface area contributed by atoms with Gasteiger partial charge in [-0.15, -0.1) is 0 Å². The third-order valence-corrected chi connectivity index (χ3v) is 4.01. The minimum absolute atomic E-state index is 0.430. The summed E-state index contributed by atoms with van der Waals surface area (Å²) in [6.07, 6.45) is 2.51. The molecule has 1 N–H and O–H groups in total. The Bertz CT molecular complexity index is 346. The van der Waals surface area contributed by atoms with Crippen molar-refractivity contribution in [2.24, 2.45) is 5.92 Å². The zero-order chi connectivity index (χ0) is 13.7. The molecular weight excluding hydrogens is 218 g/mol. The van der Waals surface area contributed by atoms with E-state index in [9.17, 15) is 0 Å². The van der Waals surface area contributed by atoms with E-state index in [0.717, 1.165) is 5.92 Å². The van der Waals surface area contributed by atoms with Crippen LogP contribution in [-0.2, 0) is 0 Å². The minimum atomic E-state index is 0.430. The Labute approximate surface area is 113 Å². The highest BCUT2D eigenvalue weighted by Crippen LogP contribution is 2.20. The Morgan fingerprint density at radius 3 is 1.89 bits per heavy atom. The van der Waals surface area contributed by atoms with Gasteiger partial charge in [0, 0.05) is 12.1 Å². The molecule has 102 valence electrons. The molecule has 1 nitrogen and oxygen atoms in total. The van der Waals surface area contributed by atoms with Crippen molar-refractivity contribution < 1.29 is 0 Å². The molecule has 0 saturated heterocycles. The average Bonchev–Trinajstić information content (AvgIpc) is 2.29. The first-order chi connectivity index (χ1) is 8.47. The summed E-state index contributed by atoms with van der Waals surface area (Å²) in [7, 11) is 0. The third-order valence-electron chi connectivity index (χ3n) is 4.01. The van der Waals surface area contributed by atoms with Crippen LogP contribution in [-0.4, -0.2) is 6.04 Å². The second-order valence-corrected chi connectivity index (χ2v) is 5.67. The smallest absolute Gasteiger partial charge is 0.0294 e. The van der Waals surface area contributed by atoms with Crippen LogP contribution >= 0.6 is 0 Å². The van der Waals surface area contributed by atoms with Crippen molar-refractivity contribution in [3.63, 3.8) is 0 Å². The molecule has 0 aliphatic heterocycles. The fourth-order valence-corrected chi connectivity index (χ4v) is 2.88. The van der Waals surface area contributed by atoms with Gasteiger partial charge in [0.05, 0.1) is 0 Å². The second kappa shape index (κ2) is 6.94. The molecule has 0 radical (unpaired) electrons. The van der Waals surface area contributed by atoms with Gasteiger partial charge < -0.3 is 5.32 Å². The highest BCUT2D eigenvalue weighted by molar-refractivity contribution is 5.30. The monoisotopic (exact) mass is 247 g/mol. The standard InChI is InChI=1S/C17H29N/c1-7-16(8-2)14(5)18-15(6)17-10-12(3)9-13(4)11-17/h9-11,14-16,18H,7-8H2,1-6H3. The van der Waals surface area contributed by atoms with E-state index < -0.39 is 0 Å². The van der Waals surface area contributed by atoms with Gasteiger partial charge in [-0.25, -0.2) is 0 Å². The van der Waals surface area contributed by atoms with Crippen molar-refractivity contribution in [1.29, 1.82) is 0 Å². The highest BCUT2D eigenvalue weighted by atomic mass is 14.9. The van der Waals surface area contributed by atoms with E-state index in [0.29, 0.717) is 12.1 Å². The molecule has 0 bridgehead atoms. The molecular formula is C17H29N. The Morgan fingerprint density at radius 2 is 1.44 bits per heavy atom. The van der Waals surface area contributed by atoms with Crippen molar-refractivity contribution in [2.45, 2.75) is 66.5 Å². The van der Waals surface area contributed by atoms with Crippen LogP contribution < -0.4 is 5.32 Å². The summed E-state index contributed by atoms with van der Waals surface area (Å²) in [5, 5.41) is 3.75. The van der Waals surface area contributed by atoms with Crippen LogP contribution in [0.15, 0.2) is 18.2 Å². The quantitative estimate of drug-likeness (QED) is 0.763. The summed E-state index contributed by atoms with van der Waals surface area (Å²) in [6.45, 7) is 13.5. The van der Waals surface area contributed by atoms with Gasteiger partial charge in [-0.3, -0.25) is 0 Å². The van der Waals surface area contributed by atoms with E-state index >= 15 is 0 Å². The first-order valence-electron chi connectivity index (χ1n) is 7.32. The molecule has 2 unspecified atom stereocenters. The normalized spacial score (nSPS) is 14.8. The first-order valence-corrected chi connectivity index (χ1v) is 7.32. The Morgan fingerprint density at radius 1 is 0.944 bits per heavy atom. The van der Waals surface area contributed by atoms with E-state index in [1.54, 1.807) is 0 Å². The minimum Gasteiger partial charge on any atom is -0.307 e. The zero-order valence-electron chi connectivity index (χ0n) is 12.9. The molecule has 0 saturated carbocycles.